The molecule has 2 aromatic carbocycles. The van der Waals surface area contributed by atoms with E-state index in [9.17, 15) is 4.79 Å². The summed E-state index contributed by atoms with van der Waals surface area (Å²) >= 11 is 31.2. The van der Waals surface area contributed by atoms with Crippen LogP contribution in [0, 0.1) is 0 Å². The second-order valence-electron chi connectivity index (χ2n) is 5.54. The van der Waals surface area contributed by atoms with E-state index in [4.69, 9.17) is 67.8 Å². The van der Waals surface area contributed by atoms with Crippen LogP contribution in [0.15, 0.2) is 24.3 Å². The molecule has 0 aromatic heterocycles. The van der Waals surface area contributed by atoms with Crippen molar-refractivity contribution in [1.29, 1.82) is 0 Å². The topological polar surface area (TPSA) is 46.5 Å². The average Bonchev–Trinajstić information content (AvgIpc) is 2.54. The molecule has 0 unspecified atom stereocenters. The minimum absolute atomic E-state index is 0.141. The lowest BCUT2D eigenvalue weighted by Crippen LogP contribution is -2.01. The molecule has 0 aliphatic carbocycles. The van der Waals surface area contributed by atoms with Gasteiger partial charge in [0.1, 0.15) is 0 Å². The lowest BCUT2D eigenvalue weighted by atomic mass is 10.0. The highest BCUT2D eigenvalue weighted by molar-refractivity contribution is 6.45. The molecule has 8 heteroatoms. The van der Waals surface area contributed by atoms with E-state index >= 15 is 0 Å². The fourth-order valence-electron chi connectivity index (χ4n) is 2.37. The fourth-order valence-corrected chi connectivity index (χ4v) is 3.95. The Morgan fingerprint density at radius 3 is 2.31 bits per heavy atom. The number of rotatable bonds is 8. The molecule has 0 atom stereocenters. The summed E-state index contributed by atoms with van der Waals surface area (Å²) in [5.41, 5.74) is 1.13. The van der Waals surface area contributed by atoms with Gasteiger partial charge in [-0.1, -0.05) is 64.1 Å². The first-order valence-corrected chi connectivity index (χ1v) is 9.67. The van der Waals surface area contributed by atoms with E-state index in [0.29, 0.717) is 56.4 Å². The Kier molecular flexibility index (Phi) is 8.18. The fraction of sp³-hybridized carbons (Fsp3) is 0.278. The van der Waals surface area contributed by atoms with Crippen molar-refractivity contribution in [3.8, 4) is 16.9 Å². The third kappa shape index (κ3) is 5.58. The highest BCUT2D eigenvalue weighted by Crippen LogP contribution is 2.47. The molecule has 0 saturated heterocycles. The molecule has 0 radical (unpaired) electrons. The largest absolute Gasteiger partial charge is 0.490 e. The van der Waals surface area contributed by atoms with Gasteiger partial charge in [-0.25, -0.2) is 0 Å². The molecule has 0 heterocycles. The van der Waals surface area contributed by atoms with Gasteiger partial charge in [0.05, 0.1) is 21.7 Å². The quantitative estimate of drug-likeness (QED) is 0.415. The highest BCUT2D eigenvalue weighted by atomic mass is 35.5. The lowest BCUT2D eigenvalue weighted by Gasteiger charge is -2.16. The van der Waals surface area contributed by atoms with E-state index in [1.165, 1.54) is 0 Å². The minimum atomic E-state index is -0.806. The van der Waals surface area contributed by atoms with Gasteiger partial charge in [-0.2, -0.15) is 0 Å². The number of hydrogen-bond acceptors (Lipinski definition) is 2. The molecule has 0 saturated carbocycles. The van der Waals surface area contributed by atoms with Crippen LogP contribution in [0.3, 0.4) is 0 Å². The lowest BCUT2D eigenvalue weighted by molar-refractivity contribution is -0.137. The molecule has 0 amide bonds. The van der Waals surface area contributed by atoms with E-state index in [1.807, 2.05) is 0 Å². The smallest absolute Gasteiger partial charge is 0.303 e. The first-order valence-electron chi connectivity index (χ1n) is 7.78. The number of halogens is 5. The van der Waals surface area contributed by atoms with Gasteiger partial charge in [-0.15, -0.1) is 0 Å². The molecule has 0 spiro atoms. The predicted octanol–water partition coefficient (Wildman–Crippen LogP) is 7.64. The van der Waals surface area contributed by atoms with Crippen LogP contribution >= 0.6 is 58.0 Å². The van der Waals surface area contributed by atoms with Crippen molar-refractivity contribution in [2.24, 2.45) is 0 Å². The van der Waals surface area contributed by atoms with Gasteiger partial charge in [0.25, 0.3) is 0 Å². The molecule has 0 bridgehead atoms. The van der Waals surface area contributed by atoms with Crippen LogP contribution in [0.4, 0.5) is 0 Å². The van der Waals surface area contributed by atoms with Crippen molar-refractivity contribution in [2.45, 2.75) is 25.7 Å². The zero-order valence-electron chi connectivity index (χ0n) is 13.5. The average molecular weight is 457 g/mol. The maximum Gasteiger partial charge on any atom is 0.303 e. The molecular weight excluding hydrogens is 441 g/mol. The number of hydrogen-bond donors (Lipinski definition) is 1. The van der Waals surface area contributed by atoms with Crippen molar-refractivity contribution < 1.29 is 14.6 Å². The maximum atomic E-state index is 10.5. The van der Waals surface area contributed by atoms with Gasteiger partial charge in [0.15, 0.2) is 5.75 Å². The Bertz CT molecular complexity index is 808. The van der Waals surface area contributed by atoms with Gasteiger partial charge in [-0.05, 0) is 37.5 Å². The predicted molar refractivity (Wildman–Crippen MR) is 109 cm³/mol. The van der Waals surface area contributed by atoms with Crippen LogP contribution in [0.25, 0.3) is 11.1 Å². The molecule has 2 aromatic rings. The van der Waals surface area contributed by atoms with Gasteiger partial charge in [-0.3, -0.25) is 4.79 Å². The first-order chi connectivity index (χ1) is 12.3. The van der Waals surface area contributed by atoms with Gasteiger partial charge in [0.2, 0.25) is 0 Å². The molecule has 0 aliphatic heterocycles. The van der Waals surface area contributed by atoms with E-state index in [0.717, 1.165) is 6.42 Å². The van der Waals surface area contributed by atoms with Crippen molar-refractivity contribution >= 4 is 64.0 Å². The number of unbranched alkanes of at least 4 members (excludes halogenated alkanes) is 2. The number of aliphatic carboxylic acids is 1. The number of benzene rings is 2. The summed E-state index contributed by atoms with van der Waals surface area (Å²) < 4.78 is 5.72. The molecule has 140 valence electrons. The maximum absolute atomic E-state index is 10.5. The summed E-state index contributed by atoms with van der Waals surface area (Å²) in [5, 5.41) is 10.4. The summed E-state index contributed by atoms with van der Waals surface area (Å²) in [7, 11) is 0. The van der Waals surface area contributed by atoms with E-state index in [2.05, 4.69) is 0 Å². The Labute approximate surface area is 176 Å². The summed E-state index contributed by atoms with van der Waals surface area (Å²) in [6.45, 7) is 0.356. The summed E-state index contributed by atoms with van der Waals surface area (Å²) in [5.74, 6) is -0.490. The zero-order chi connectivity index (χ0) is 19.3. The molecule has 26 heavy (non-hydrogen) atoms. The molecule has 1 N–H and O–H groups in total. The van der Waals surface area contributed by atoms with E-state index in [1.54, 1.807) is 24.3 Å². The summed E-state index contributed by atoms with van der Waals surface area (Å²) in [4.78, 5) is 10.5. The van der Waals surface area contributed by atoms with Crippen LogP contribution < -0.4 is 4.74 Å². The van der Waals surface area contributed by atoms with Crippen molar-refractivity contribution in [2.75, 3.05) is 6.61 Å². The van der Waals surface area contributed by atoms with E-state index < -0.39 is 5.97 Å². The Morgan fingerprint density at radius 1 is 0.923 bits per heavy atom. The van der Waals surface area contributed by atoms with Gasteiger partial charge in [0, 0.05) is 27.6 Å². The molecule has 0 aliphatic rings. The number of ether oxygens (including phenoxy) is 1. The summed E-state index contributed by atoms with van der Waals surface area (Å²) in [6.07, 6.45) is 2.14. The number of carboxylic acid groups (broad SMARTS) is 1. The zero-order valence-corrected chi connectivity index (χ0v) is 17.3. The molecule has 3 nitrogen and oxygen atoms in total. The number of carbonyl (C=O) groups is 1. The van der Waals surface area contributed by atoms with Crippen molar-refractivity contribution in [3.05, 3.63) is 49.4 Å². The SMILES string of the molecule is O=C(O)CCCCCOc1c(Cl)cc(Cl)c(-c2ccc(Cl)cc2Cl)c1Cl. The monoisotopic (exact) mass is 454 g/mol. The second-order valence-corrected chi connectivity index (χ2v) is 7.57. The third-order valence-corrected chi connectivity index (χ3v) is 5.10. The van der Waals surface area contributed by atoms with Crippen LogP contribution in [0.2, 0.25) is 25.1 Å². The van der Waals surface area contributed by atoms with Crippen LogP contribution in [-0.2, 0) is 4.79 Å². The normalized spacial score (nSPS) is 10.8. The Morgan fingerprint density at radius 2 is 1.65 bits per heavy atom. The van der Waals surface area contributed by atoms with Gasteiger partial charge < -0.3 is 9.84 Å². The Hall–Kier alpha value is -0.840. The minimum Gasteiger partial charge on any atom is -0.490 e. The van der Waals surface area contributed by atoms with Crippen molar-refractivity contribution in [1.82, 2.24) is 0 Å². The number of carboxylic acids is 1. The standard InChI is InChI=1S/C18H15Cl5O3/c19-10-5-6-11(12(20)8-10)16-13(21)9-14(22)18(17(16)23)26-7-3-1-2-4-15(24)25/h5-6,8-9H,1-4,7H2,(H,24,25). The van der Waals surface area contributed by atoms with Crippen LogP contribution in [-0.4, -0.2) is 17.7 Å². The highest BCUT2D eigenvalue weighted by Gasteiger charge is 2.19. The second kappa shape index (κ2) is 9.91. The summed E-state index contributed by atoms with van der Waals surface area (Å²) in [6, 6.07) is 6.56. The molecule has 0 fully saturated rings. The van der Waals surface area contributed by atoms with E-state index in [-0.39, 0.29) is 11.4 Å². The molecular formula is C18H15Cl5O3. The Balaban J connectivity index is 2.19. The third-order valence-electron chi connectivity index (χ3n) is 3.61. The van der Waals surface area contributed by atoms with Crippen molar-refractivity contribution in [3.63, 3.8) is 0 Å². The van der Waals surface area contributed by atoms with Crippen LogP contribution in [0.1, 0.15) is 25.7 Å². The van der Waals surface area contributed by atoms with Gasteiger partial charge >= 0.3 is 5.97 Å². The van der Waals surface area contributed by atoms with Crippen LogP contribution in [0.5, 0.6) is 5.75 Å². The molecule has 2 rings (SSSR count). The first kappa shape index (κ1) is 21.5.